The van der Waals surface area contributed by atoms with Gasteiger partial charge in [-0.15, -0.1) is 0 Å². The molecule has 1 aliphatic heterocycles. The average molecular weight is 387 g/mol. The first-order chi connectivity index (χ1) is 13.4. The minimum atomic E-state index is -0.509. The maximum Gasteiger partial charge on any atom is 0.223 e. The first-order valence-electron chi connectivity index (χ1n) is 10.8. The van der Waals surface area contributed by atoms with Crippen LogP contribution in [-0.2, 0) is 4.79 Å². The van der Waals surface area contributed by atoms with E-state index in [9.17, 15) is 14.3 Å². The van der Waals surface area contributed by atoms with E-state index >= 15 is 0 Å². The van der Waals surface area contributed by atoms with Crippen LogP contribution >= 0.6 is 0 Å². The van der Waals surface area contributed by atoms with Crippen molar-refractivity contribution in [3.05, 3.63) is 30.1 Å². The summed E-state index contributed by atoms with van der Waals surface area (Å²) in [5.74, 6) is 1.42. The predicted octanol–water partition coefficient (Wildman–Crippen LogP) is 3.92. The number of aliphatic hydroxyl groups is 1. The van der Waals surface area contributed by atoms with E-state index in [-0.39, 0.29) is 23.2 Å². The van der Waals surface area contributed by atoms with Crippen molar-refractivity contribution in [3.8, 4) is 5.75 Å². The summed E-state index contributed by atoms with van der Waals surface area (Å²) in [6, 6.07) is 6.50. The van der Waals surface area contributed by atoms with Crippen LogP contribution in [0.1, 0.15) is 57.8 Å². The molecule has 1 aromatic carbocycles. The number of para-hydroxylation sites is 1. The van der Waals surface area contributed by atoms with Gasteiger partial charge < -0.3 is 14.7 Å². The highest BCUT2D eigenvalue weighted by molar-refractivity contribution is 5.77. The number of ether oxygens (including phenoxy) is 1. The molecule has 0 aromatic heterocycles. The van der Waals surface area contributed by atoms with Gasteiger partial charge >= 0.3 is 0 Å². The second-order valence-electron chi connectivity index (χ2n) is 9.99. The van der Waals surface area contributed by atoms with Crippen LogP contribution in [0.15, 0.2) is 24.3 Å². The second kappa shape index (κ2) is 6.72. The van der Waals surface area contributed by atoms with Gasteiger partial charge in [0.25, 0.3) is 0 Å². The zero-order valence-electron chi connectivity index (χ0n) is 16.4. The van der Waals surface area contributed by atoms with E-state index in [0.29, 0.717) is 37.1 Å². The lowest BCUT2D eigenvalue weighted by Gasteiger charge is -2.60. The highest BCUT2D eigenvalue weighted by atomic mass is 19.1. The fourth-order valence-corrected chi connectivity index (χ4v) is 6.98. The molecule has 5 fully saturated rings. The Morgan fingerprint density at radius 3 is 2.46 bits per heavy atom. The van der Waals surface area contributed by atoms with Crippen molar-refractivity contribution in [3.63, 3.8) is 0 Å². The van der Waals surface area contributed by atoms with E-state index in [1.54, 1.807) is 18.2 Å². The number of carbonyl (C=O) groups excluding carboxylic acids is 1. The maximum atomic E-state index is 13.8. The molecule has 2 atom stereocenters. The molecule has 1 N–H and O–H groups in total. The molecule has 4 aliphatic carbocycles. The van der Waals surface area contributed by atoms with Crippen molar-refractivity contribution in [2.24, 2.45) is 17.3 Å². The standard InChI is InChI=1S/C23H30FNO3/c24-19-3-1-2-4-20(19)28-18-5-7-25(8-6-18)21(26)14-22-10-16-9-17(11-22)13-23(27,12-16)15-22/h1-4,16-18,27H,5-15H2. The Morgan fingerprint density at radius 1 is 1.14 bits per heavy atom. The number of nitrogens with zero attached hydrogens (tertiary/aromatic N) is 1. The second-order valence-corrected chi connectivity index (χ2v) is 9.99. The Bertz CT molecular complexity index is 744. The van der Waals surface area contributed by atoms with Crippen molar-refractivity contribution in [1.82, 2.24) is 4.90 Å². The third-order valence-electron chi connectivity index (χ3n) is 7.60. The highest BCUT2D eigenvalue weighted by Crippen LogP contribution is 2.62. The summed E-state index contributed by atoms with van der Waals surface area (Å²) in [5.41, 5.74) is -0.485. The summed E-state index contributed by atoms with van der Waals surface area (Å²) in [4.78, 5) is 15.0. The molecule has 5 aliphatic rings. The van der Waals surface area contributed by atoms with Gasteiger partial charge in [0, 0.05) is 32.4 Å². The molecular weight excluding hydrogens is 357 g/mol. The molecule has 1 saturated heterocycles. The van der Waals surface area contributed by atoms with Crippen molar-refractivity contribution >= 4 is 5.91 Å². The van der Waals surface area contributed by atoms with E-state index in [4.69, 9.17) is 4.74 Å². The van der Waals surface area contributed by atoms with Crippen LogP contribution in [0.25, 0.3) is 0 Å². The third kappa shape index (κ3) is 3.42. The zero-order chi connectivity index (χ0) is 19.4. The van der Waals surface area contributed by atoms with Crippen LogP contribution in [0, 0.1) is 23.1 Å². The average Bonchev–Trinajstić information content (AvgIpc) is 2.62. The van der Waals surface area contributed by atoms with E-state index < -0.39 is 5.60 Å². The molecule has 28 heavy (non-hydrogen) atoms. The van der Waals surface area contributed by atoms with E-state index in [0.717, 1.165) is 44.9 Å². The normalized spacial score (nSPS) is 37.3. The van der Waals surface area contributed by atoms with Gasteiger partial charge in [0.2, 0.25) is 5.91 Å². The molecule has 0 radical (unpaired) electrons. The molecule has 6 rings (SSSR count). The predicted molar refractivity (Wildman–Crippen MR) is 103 cm³/mol. The summed E-state index contributed by atoms with van der Waals surface area (Å²) in [7, 11) is 0. The number of rotatable bonds is 4. The molecule has 0 spiro atoms. The lowest BCUT2D eigenvalue weighted by atomic mass is 9.47. The fraction of sp³-hybridized carbons (Fsp3) is 0.696. The molecular formula is C23H30FNO3. The number of carbonyl (C=O) groups is 1. The summed E-state index contributed by atoms with van der Waals surface area (Å²) < 4.78 is 19.6. The van der Waals surface area contributed by atoms with Crippen LogP contribution in [0.2, 0.25) is 0 Å². The smallest absolute Gasteiger partial charge is 0.223 e. The SMILES string of the molecule is O=C(CC12CC3CC(CC(O)(C3)C1)C2)N1CCC(Oc2ccccc2F)CC1. The van der Waals surface area contributed by atoms with Gasteiger partial charge in [-0.25, -0.2) is 4.39 Å². The highest BCUT2D eigenvalue weighted by Gasteiger charge is 2.57. The van der Waals surface area contributed by atoms with Gasteiger partial charge in [0.1, 0.15) is 6.10 Å². The number of halogens is 1. The fourth-order valence-electron chi connectivity index (χ4n) is 6.98. The van der Waals surface area contributed by atoms with Crippen LogP contribution in [0.4, 0.5) is 4.39 Å². The number of benzene rings is 1. The number of piperidine rings is 1. The Labute approximate surface area is 166 Å². The largest absolute Gasteiger partial charge is 0.487 e. The van der Waals surface area contributed by atoms with E-state index in [1.807, 2.05) is 4.90 Å². The van der Waals surface area contributed by atoms with Crippen LogP contribution < -0.4 is 4.74 Å². The monoisotopic (exact) mass is 387 g/mol. The van der Waals surface area contributed by atoms with Gasteiger partial charge in [0.05, 0.1) is 5.60 Å². The first-order valence-corrected chi connectivity index (χ1v) is 10.8. The van der Waals surface area contributed by atoms with Gasteiger partial charge in [-0.2, -0.15) is 0 Å². The maximum absolute atomic E-state index is 13.8. The number of likely N-dealkylation sites (tertiary alicyclic amines) is 1. The lowest BCUT2D eigenvalue weighted by Crippen LogP contribution is -2.57. The molecule has 1 heterocycles. The third-order valence-corrected chi connectivity index (χ3v) is 7.60. The quantitative estimate of drug-likeness (QED) is 0.852. The van der Waals surface area contributed by atoms with Gasteiger partial charge in [0.15, 0.2) is 11.6 Å². The van der Waals surface area contributed by atoms with E-state index in [1.165, 1.54) is 12.5 Å². The number of hydrogen-bond donors (Lipinski definition) is 1. The topological polar surface area (TPSA) is 49.8 Å². The van der Waals surface area contributed by atoms with E-state index in [2.05, 4.69) is 0 Å². The summed E-state index contributed by atoms with van der Waals surface area (Å²) in [6.07, 6.45) is 8.20. The van der Waals surface area contributed by atoms with Crippen molar-refractivity contribution < 1.29 is 19.0 Å². The molecule has 1 amide bonds. The molecule has 5 heteroatoms. The summed E-state index contributed by atoms with van der Waals surface area (Å²) >= 11 is 0. The first kappa shape index (κ1) is 18.4. The van der Waals surface area contributed by atoms with Gasteiger partial charge in [-0.05, 0) is 67.9 Å². The van der Waals surface area contributed by atoms with Crippen molar-refractivity contribution in [2.45, 2.75) is 69.5 Å². The Kier molecular flexibility index (Phi) is 4.42. The Morgan fingerprint density at radius 2 is 1.82 bits per heavy atom. The van der Waals surface area contributed by atoms with Crippen LogP contribution in [0.5, 0.6) is 5.75 Å². The van der Waals surface area contributed by atoms with Crippen molar-refractivity contribution in [2.75, 3.05) is 13.1 Å². The van der Waals surface area contributed by atoms with Crippen LogP contribution in [0.3, 0.4) is 0 Å². The molecule has 152 valence electrons. The summed E-state index contributed by atoms with van der Waals surface area (Å²) in [6.45, 7) is 1.34. The molecule has 4 nitrogen and oxygen atoms in total. The molecule has 2 unspecified atom stereocenters. The zero-order valence-corrected chi connectivity index (χ0v) is 16.4. The lowest BCUT2D eigenvalue weighted by molar-refractivity contribution is -0.172. The van der Waals surface area contributed by atoms with Gasteiger partial charge in [-0.3, -0.25) is 4.79 Å². The Balaban J connectivity index is 1.17. The Hall–Kier alpha value is -1.62. The molecule has 4 bridgehead atoms. The molecule has 1 aromatic rings. The molecule has 4 saturated carbocycles. The van der Waals surface area contributed by atoms with Crippen LogP contribution in [-0.4, -0.2) is 40.7 Å². The van der Waals surface area contributed by atoms with Gasteiger partial charge in [-0.1, -0.05) is 12.1 Å². The summed E-state index contributed by atoms with van der Waals surface area (Å²) in [5, 5.41) is 10.9. The number of amides is 1. The number of hydrogen-bond acceptors (Lipinski definition) is 3. The van der Waals surface area contributed by atoms with Crippen molar-refractivity contribution in [1.29, 1.82) is 0 Å². The minimum absolute atomic E-state index is 0.0242. The minimum Gasteiger partial charge on any atom is -0.487 e.